The molecule has 1 saturated carbocycles. The van der Waals surface area contributed by atoms with E-state index in [4.69, 9.17) is 14.6 Å². The van der Waals surface area contributed by atoms with Crippen LogP contribution in [0.1, 0.15) is 63.9 Å². The highest BCUT2D eigenvalue weighted by Gasteiger charge is 2.24. The van der Waals surface area contributed by atoms with Gasteiger partial charge in [0.1, 0.15) is 24.1 Å². The van der Waals surface area contributed by atoms with Gasteiger partial charge in [-0.05, 0) is 74.9 Å². The number of rotatable bonds is 11. The number of allylic oxidation sites excluding steroid dienone is 4. The van der Waals surface area contributed by atoms with Crippen molar-refractivity contribution >= 4 is 17.4 Å². The van der Waals surface area contributed by atoms with Crippen molar-refractivity contribution in [3.63, 3.8) is 0 Å². The highest BCUT2D eigenvalue weighted by atomic mass is 16.5. The number of hydrogen-bond donors (Lipinski definition) is 0. The molecule has 204 valence electrons. The predicted octanol–water partition coefficient (Wildman–Crippen LogP) is 6.83. The maximum atomic E-state index is 9.45. The second kappa shape index (κ2) is 14.5. The van der Waals surface area contributed by atoms with Crippen molar-refractivity contribution in [1.29, 1.82) is 5.26 Å². The van der Waals surface area contributed by atoms with Crippen LogP contribution in [0.15, 0.2) is 66.6 Å². The van der Waals surface area contributed by atoms with Crippen LogP contribution < -0.4 is 4.74 Å². The van der Waals surface area contributed by atoms with E-state index in [1.54, 1.807) is 20.2 Å². The van der Waals surface area contributed by atoms with Crippen molar-refractivity contribution in [2.75, 3.05) is 13.7 Å². The maximum absolute atomic E-state index is 9.45. The summed E-state index contributed by atoms with van der Waals surface area (Å²) in [5.41, 5.74) is 5.09. The third-order valence-electron chi connectivity index (χ3n) is 6.59. The van der Waals surface area contributed by atoms with E-state index in [1.165, 1.54) is 6.42 Å². The number of carbonyl (C=O) groups excluding carboxylic acids is 1. The number of nitriles is 1. The zero-order valence-corrected chi connectivity index (χ0v) is 23.1. The van der Waals surface area contributed by atoms with Crippen molar-refractivity contribution < 1.29 is 19.0 Å². The monoisotopic (exact) mass is 528 g/mol. The van der Waals surface area contributed by atoms with Crippen LogP contribution in [0, 0.1) is 11.3 Å². The fraction of sp³-hybridized carbons (Fsp3) is 0.355. The van der Waals surface area contributed by atoms with Crippen molar-refractivity contribution in [3.05, 3.63) is 78.0 Å². The lowest BCUT2D eigenvalue weighted by Gasteiger charge is -2.26. The standard InChI is InChI=1S/C28H30N4O2.C3H6O2/c1-5-9-27(19(6-2)7-3)34-18-25-23-16-20(22-14-15-30-24(17-29)28(22)33-4)12-13-26(23)32(31-25)21-10-8-11-21;1-2-5-3-4/h5-6,9,12-16,21H,2,7-8,10-11,18H2,1,3-4H3;3H,2H2,1H3/b9-5-,27-19-;. The first-order valence-corrected chi connectivity index (χ1v) is 13.2. The van der Waals surface area contributed by atoms with E-state index in [2.05, 4.69) is 52.2 Å². The molecule has 2 aromatic heterocycles. The van der Waals surface area contributed by atoms with Crippen molar-refractivity contribution in [2.24, 2.45) is 0 Å². The van der Waals surface area contributed by atoms with Crippen molar-refractivity contribution in [2.45, 2.75) is 59.1 Å². The molecule has 0 saturated heterocycles. The molecule has 8 heteroatoms. The molecule has 0 N–H and O–H groups in total. The molecule has 0 radical (unpaired) electrons. The molecule has 2 heterocycles. The summed E-state index contributed by atoms with van der Waals surface area (Å²) in [5.74, 6) is 1.29. The summed E-state index contributed by atoms with van der Waals surface area (Å²) in [5, 5.41) is 15.5. The largest absolute Gasteiger partial charge is 0.493 e. The van der Waals surface area contributed by atoms with E-state index in [-0.39, 0.29) is 5.69 Å². The van der Waals surface area contributed by atoms with E-state index in [9.17, 15) is 10.1 Å². The Bertz CT molecular complexity index is 1390. The number of pyridine rings is 1. The molecule has 0 spiro atoms. The molecule has 0 bridgehead atoms. The topological polar surface area (TPSA) is 99.3 Å². The van der Waals surface area contributed by atoms with Gasteiger partial charge in [0.2, 0.25) is 0 Å². The minimum Gasteiger partial charge on any atom is -0.493 e. The molecule has 0 amide bonds. The second-order valence-corrected chi connectivity index (χ2v) is 8.85. The zero-order chi connectivity index (χ0) is 28.2. The molecule has 4 rings (SSSR count). The van der Waals surface area contributed by atoms with Gasteiger partial charge >= 0.3 is 0 Å². The molecular formula is C31H36N4O4. The lowest BCUT2D eigenvalue weighted by molar-refractivity contribution is -0.128. The molecular weight excluding hydrogens is 492 g/mol. The summed E-state index contributed by atoms with van der Waals surface area (Å²) in [6, 6.07) is 10.7. The van der Waals surface area contributed by atoms with Crippen LogP contribution in [0.25, 0.3) is 22.0 Å². The van der Waals surface area contributed by atoms with Crippen LogP contribution in [0.4, 0.5) is 0 Å². The highest BCUT2D eigenvalue weighted by molar-refractivity contribution is 5.88. The van der Waals surface area contributed by atoms with Gasteiger partial charge in [0.05, 0.1) is 25.3 Å². The minimum atomic E-state index is 0.270. The van der Waals surface area contributed by atoms with Gasteiger partial charge in [-0.3, -0.25) is 9.48 Å². The van der Waals surface area contributed by atoms with Crippen molar-refractivity contribution in [1.82, 2.24) is 14.8 Å². The van der Waals surface area contributed by atoms with E-state index in [1.807, 2.05) is 31.2 Å². The Morgan fingerprint density at radius 3 is 2.62 bits per heavy atom. The summed E-state index contributed by atoms with van der Waals surface area (Å²) in [4.78, 5) is 13.3. The number of methoxy groups -OCH3 is 1. The van der Waals surface area contributed by atoms with Gasteiger partial charge in [-0.15, -0.1) is 0 Å². The number of ether oxygens (including phenoxy) is 3. The molecule has 8 nitrogen and oxygen atoms in total. The highest BCUT2D eigenvalue weighted by Crippen LogP contribution is 2.38. The summed E-state index contributed by atoms with van der Waals surface area (Å²) >= 11 is 0. The van der Waals surface area contributed by atoms with E-state index >= 15 is 0 Å². The Morgan fingerprint density at radius 2 is 2.08 bits per heavy atom. The third kappa shape index (κ3) is 6.74. The molecule has 1 aliphatic rings. The lowest BCUT2D eigenvalue weighted by atomic mass is 9.93. The smallest absolute Gasteiger partial charge is 0.293 e. The van der Waals surface area contributed by atoms with Gasteiger partial charge in [-0.1, -0.05) is 31.7 Å². The normalized spacial score (nSPS) is 13.5. The Morgan fingerprint density at radius 1 is 1.28 bits per heavy atom. The fourth-order valence-corrected chi connectivity index (χ4v) is 4.38. The van der Waals surface area contributed by atoms with E-state index < -0.39 is 0 Å². The van der Waals surface area contributed by atoms with E-state index in [0.29, 0.717) is 31.5 Å². The van der Waals surface area contributed by atoms with Gasteiger partial charge in [0.15, 0.2) is 11.4 Å². The van der Waals surface area contributed by atoms with Crippen LogP contribution in [0.2, 0.25) is 0 Å². The quantitative estimate of drug-likeness (QED) is 0.153. The molecule has 3 aromatic rings. The first kappa shape index (κ1) is 29.2. The molecule has 0 atom stereocenters. The van der Waals surface area contributed by atoms with Gasteiger partial charge in [-0.25, -0.2) is 4.98 Å². The van der Waals surface area contributed by atoms with Gasteiger partial charge in [-0.2, -0.15) is 10.4 Å². The Hall–Kier alpha value is -4.38. The number of carbonyl (C=O) groups is 1. The van der Waals surface area contributed by atoms with E-state index in [0.717, 1.165) is 58.3 Å². The Balaban J connectivity index is 0.000000771. The molecule has 1 fully saturated rings. The minimum absolute atomic E-state index is 0.270. The van der Waals surface area contributed by atoms with Crippen LogP contribution in [-0.2, 0) is 20.9 Å². The number of nitrogens with zero attached hydrogens (tertiary/aromatic N) is 4. The van der Waals surface area contributed by atoms with Crippen molar-refractivity contribution in [3.8, 4) is 22.9 Å². The van der Waals surface area contributed by atoms with Gasteiger partial charge < -0.3 is 14.2 Å². The Labute approximate surface area is 230 Å². The SMILES string of the molecule is C=C/C(CC)=C(\C=C/C)OCc1nn(C2CCC2)c2ccc(-c3ccnc(C#N)c3OC)cc12.CCOC=O. The summed E-state index contributed by atoms with van der Waals surface area (Å²) in [7, 11) is 1.56. The van der Waals surface area contributed by atoms with Crippen LogP contribution in [0.3, 0.4) is 0 Å². The molecule has 1 aromatic carbocycles. The van der Waals surface area contributed by atoms with Crippen LogP contribution in [-0.4, -0.2) is 35.0 Å². The average molecular weight is 529 g/mol. The molecule has 1 aliphatic carbocycles. The van der Waals surface area contributed by atoms with Gasteiger partial charge in [0.25, 0.3) is 6.47 Å². The fourth-order valence-electron chi connectivity index (χ4n) is 4.38. The molecule has 0 unspecified atom stereocenters. The lowest BCUT2D eigenvalue weighted by Crippen LogP contribution is -2.18. The number of fused-ring (bicyclic) bond motifs is 1. The van der Waals surface area contributed by atoms with Gasteiger partial charge in [0, 0.05) is 17.1 Å². The molecule has 0 aliphatic heterocycles. The summed E-state index contributed by atoms with van der Waals surface area (Å²) in [6.45, 7) is 11.0. The average Bonchev–Trinajstić information content (AvgIpc) is 3.28. The van der Waals surface area contributed by atoms with Crippen LogP contribution in [0.5, 0.6) is 5.75 Å². The number of aromatic nitrogens is 3. The summed E-state index contributed by atoms with van der Waals surface area (Å²) in [6.07, 6.45) is 11.8. The maximum Gasteiger partial charge on any atom is 0.293 e. The second-order valence-electron chi connectivity index (χ2n) is 8.85. The third-order valence-corrected chi connectivity index (χ3v) is 6.59. The first-order valence-electron chi connectivity index (χ1n) is 13.2. The number of benzene rings is 1. The predicted molar refractivity (Wildman–Crippen MR) is 152 cm³/mol. The zero-order valence-electron chi connectivity index (χ0n) is 23.1. The number of hydrogen-bond acceptors (Lipinski definition) is 7. The van der Waals surface area contributed by atoms with Crippen LogP contribution >= 0.6 is 0 Å². The Kier molecular flexibility index (Phi) is 10.9. The first-order chi connectivity index (χ1) is 19.1. The summed E-state index contributed by atoms with van der Waals surface area (Å²) < 4.78 is 18.1. The molecule has 39 heavy (non-hydrogen) atoms.